The Morgan fingerprint density at radius 1 is 0.556 bits per heavy atom. The van der Waals surface area contributed by atoms with E-state index in [9.17, 15) is 9.59 Å². The fourth-order valence-corrected chi connectivity index (χ4v) is 7.97. The number of aromatic amines is 2. The standard InChI is InChI=1S/C46H30N4O4/c1-53-46(52)44-31(13-8-19-48-44)36-23-41-43(33-12-5-7-15-39(33)50-41)30-17-16-26(21-34(30)36)25-54-45(51)37-24-47-20-18-28(37)35-22-40-42(29-10-3-2-9-27(29)35)32-11-4-6-14-38(32)49-40/h2-24,49-50H,25H2,1H3. The molecule has 0 spiro atoms. The minimum Gasteiger partial charge on any atom is -0.464 e. The van der Waals surface area contributed by atoms with Crippen LogP contribution in [0.25, 0.3) is 87.4 Å². The summed E-state index contributed by atoms with van der Waals surface area (Å²) in [5.74, 6) is -1.00. The van der Waals surface area contributed by atoms with Crippen LogP contribution in [0.1, 0.15) is 26.4 Å². The molecule has 4 heterocycles. The van der Waals surface area contributed by atoms with Gasteiger partial charge in [0.15, 0.2) is 5.69 Å². The summed E-state index contributed by atoms with van der Waals surface area (Å²) in [5.41, 5.74) is 8.45. The maximum absolute atomic E-state index is 14.0. The molecule has 0 saturated heterocycles. The highest BCUT2D eigenvalue weighted by Crippen LogP contribution is 2.41. The maximum Gasteiger partial charge on any atom is 0.357 e. The molecule has 4 aromatic heterocycles. The van der Waals surface area contributed by atoms with E-state index in [0.29, 0.717) is 11.1 Å². The number of fused-ring (bicyclic) bond motifs is 10. The van der Waals surface area contributed by atoms with Gasteiger partial charge in [-0.05, 0) is 86.3 Å². The van der Waals surface area contributed by atoms with Crippen molar-refractivity contribution in [1.29, 1.82) is 0 Å². The van der Waals surface area contributed by atoms with Crippen LogP contribution < -0.4 is 0 Å². The average Bonchev–Trinajstić information content (AvgIpc) is 3.80. The highest BCUT2D eigenvalue weighted by molar-refractivity contribution is 6.25. The molecule has 0 unspecified atom stereocenters. The van der Waals surface area contributed by atoms with Crippen molar-refractivity contribution in [3.8, 4) is 22.3 Å². The van der Waals surface area contributed by atoms with Crippen LogP contribution >= 0.6 is 0 Å². The van der Waals surface area contributed by atoms with Crippen molar-refractivity contribution >= 4 is 77.1 Å². The van der Waals surface area contributed by atoms with Crippen LogP contribution in [-0.4, -0.2) is 39.0 Å². The molecule has 8 heteroatoms. The number of pyridine rings is 2. The molecule has 0 bridgehead atoms. The summed E-state index contributed by atoms with van der Waals surface area (Å²) < 4.78 is 11.2. The minimum absolute atomic E-state index is 0.0210. The lowest BCUT2D eigenvalue weighted by atomic mass is 9.92. The molecule has 0 aliphatic rings. The summed E-state index contributed by atoms with van der Waals surface area (Å²) >= 11 is 0. The van der Waals surface area contributed by atoms with E-state index >= 15 is 0 Å². The molecule has 10 rings (SSSR count). The number of nitrogens with zero attached hydrogens (tertiary/aromatic N) is 2. The molecular formula is C46H30N4O4. The van der Waals surface area contributed by atoms with Gasteiger partial charge in [0.25, 0.3) is 0 Å². The lowest BCUT2D eigenvalue weighted by Crippen LogP contribution is -2.08. The first-order valence-corrected chi connectivity index (χ1v) is 17.6. The maximum atomic E-state index is 14.0. The monoisotopic (exact) mass is 702 g/mol. The molecule has 0 fully saturated rings. The number of aromatic nitrogens is 4. The van der Waals surface area contributed by atoms with Gasteiger partial charge in [-0.25, -0.2) is 14.6 Å². The lowest BCUT2D eigenvalue weighted by Gasteiger charge is -2.14. The van der Waals surface area contributed by atoms with E-state index < -0.39 is 11.9 Å². The van der Waals surface area contributed by atoms with Crippen LogP contribution in [0.15, 0.2) is 140 Å². The molecule has 0 aliphatic carbocycles. The van der Waals surface area contributed by atoms with Gasteiger partial charge >= 0.3 is 11.9 Å². The van der Waals surface area contributed by atoms with E-state index in [0.717, 1.165) is 87.4 Å². The first-order chi connectivity index (χ1) is 26.6. The van der Waals surface area contributed by atoms with E-state index in [1.54, 1.807) is 24.7 Å². The Kier molecular flexibility index (Phi) is 7.23. The number of benzene rings is 6. The molecule has 6 aromatic carbocycles. The van der Waals surface area contributed by atoms with Gasteiger partial charge in [-0.2, -0.15) is 0 Å². The number of carbonyl (C=O) groups is 2. The molecule has 54 heavy (non-hydrogen) atoms. The van der Waals surface area contributed by atoms with Crippen molar-refractivity contribution in [3.63, 3.8) is 0 Å². The van der Waals surface area contributed by atoms with Crippen molar-refractivity contribution in [2.24, 2.45) is 0 Å². The smallest absolute Gasteiger partial charge is 0.357 e. The summed E-state index contributed by atoms with van der Waals surface area (Å²) in [7, 11) is 1.35. The molecular weight excluding hydrogens is 673 g/mol. The number of rotatable bonds is 6. The number of carbonyl (C=O) groups excluding carboxylic acids is 2. The zero-order valence-electron chi connectivity index (χ0n) is 29.0. The van der Waals surface area contributed by atoms with E-state index in [1.807, 2.05) is 72.8 Å². The van der Waals surface area contributed by atoms with Gasteiger partial charge in [0.05, 0.1) is 12.7 Å². The molecule has 0 aliphatic heterocycles. The molecule has 0 atom stereocenters. The topological polar surface area (TPSA) is 110 Å². The molecule has 10 aromatic rings. The van der Waals surface area contributed by atoms with Crippen LogP contribution in [0.4, 0.5) is 0 Å². The molecule has 258 valence electrons. The van der Waals surface area contributed by atoms with Gasteiger partial charge in [-0.15, -0.1) is 0 Å². The Balaban J connectivity index is 1.06. The summed E-state index contributed by atoms with van der Waals surface area (Å²) in [5, 5.41) is 8.46. The Morgan fingerprint density at radius 2 is 1.19 bits per heavy atom. The summed E-state index contributed by atoms with van der Waals surface area (Å²) in [4.78, 5) is 42.7. The first kappa shape index (κ1) is 31.4. The van der Waals surface area contributed by atoms with Crippen LogP contribution in [0.2, 0.25) is 0 Å². The highest BCUT2D eigenvalue weighted by Gasteiger charge is 2.22. The zero-order chi connectivity index (χ0) is 36.3. The van der Waals surface area contributed by atoms with E-state index in [1.165, 1.54) is 7.11 Å². The normalized spacial score (nSPS) is 11.6. The molecule has 0 saturated carbocycles. The Labute approximate surface area is 308 Å². The van der Waals surface area contributed by atoms with Crippen molar-refractivity contribution in [2.75, 3.05) is 7.11 Å². The summed E-state index contributed by atoms with van der Waals surface area (Å²) in [6.07, 6.45) is 4.86. The second kappa shape index (κ2) is 12.4. The fourth-order valence-electron chi connectivity index (χ4n) is 7.97. The van der Waals surface area contributed by atoms with Crippen LogP contribution in [0.5, 0.6) is 0 Å². The number of methoxy groups -OCH3 is 1. The highest BCUT2D eigenvalue weighted by atomic mass is 16.5. The largest absolute Gasteiger partial charge is 0.464 e. The number of ether oxygens (including phenoxy) is 2. The first-order valence-electron chi connectivity index (χ1n) is 17.6. The van der Waals surface area contributed by atoms with Gasteiger partial charge in [0.2, 0.25) is 0 Å². The predicted octanol–water partition coefficient (Wildman–Crippen LogP) is 10.5. The van der Waals surface area contributed by atoms with Crippen LogP contribution in [-0.2, 0) is 16.1 Å². The van der Waals surface area contributed by atoms with E-state index in [-0.39, 0.29) is 12.3 Å². The molecule has 2 N–H and O–H groups in total. The third kappa shape index (κ3) is 4.92. The number of para-hydroxylation sites is 2. The number of nitrogens with one attached hydrogen (secondary N) is 2. The Morgan fingerprint density at radius 3 is 1.89 bits per heavy atom. The van der Waals surface area contributed by atoms with Crippen LogP contribution in [0, 0.1) is 0 Å². The van der Waals surface area contributed by atoms with Gasteiger partial charge in [-0.3, -0.25) is 4.98 Å². The average molecular weight is 703 g/mol. The van der Waals surface area contributed by atoms with Gasteiger partial charge in [-0.1, -0.05) is 78.9 Å². The third-order valence-corrected chi connectivity index (χ3v) is 10.4. The number of hydrogen-bond acceptors (Lipinski definition) is 6. The number of hydrogen-bond donors (Lipinski definition) is 2. The van der Waals surface area contributed by atoms with Crippen LogP contribution in [0.3, 0.4) is 0 Å². The van der Waals surface area contributed by atoms with Crippen molar-refractivity contribution in [3.05, 3.63) is 157 Å². The predicted molar refractivity (Wildman–Crippen MR) is 214 cm³/mol. The molecule has 0 radical (unpaired) electrons. The van der Waals surface area contributed by atoms with Crippen molar-refractivity contribution in [1.82, 2.24) is 19.9 Å². The zero-order valence-corrected chi connectivity index (χ0v) is 29.0. The second-order valence-corrected chi connectivity index (χ2v) is 13.3. The SMILES string of the molecule is COC(=O)c1ncccc1-c1cc2[nH]c3ccccc3c2c2ccc(COC(=O)c3cnccc3-c3cc4[nH]c5ccccc5c4c4ccccc34)cc12. The second-order valence-electron chi connectivity index (χ2n) is 13.3. The quantitative estimate of drug-likeness (QED) is 0.167. The Hall–Kier alpha value is -7.32. The van der Waals surface area contributed by atoms with E-state index in [2.05, 4.69) is 62.4 Å². The lowest BCUT2D eigenvalue weighted by molar-refractivity contribution is 0.0472. The number of H-pyrrole nitrogens is 2. The summed E-state index contributed by atoms with van der Waals surface area (Å²) in [6.45, 7) is 0.0210. The van der Waals surface area contributed by atoms with Gasteiger partial charge < -0.3 is 19.4 Å². The summed E-state index contributed by atoms with van der Waals surface area (Å²) in [6, 6.07) is 40.5. The third-order valence-electron chi connectivity index (χ3n) is 10.4. The van der Waals surface area contributed by atoms with E-state index in [4.69, 9.17) is 9.47 Å². The van der Waals surface area contributed by atoms with Crippen molar-refractivity contribution < 1.29 is 19.1 Å². The van der Waals surface area contributed by atoms with Gasteiger partial charge in [0, 0.05) is 67.8 Å². The molecule has 0 amide bonds. The molecule has 8 nitrogen and oxygen atoms in total. The van der Waals surface area contributed by atoms with Gasteiger partial charge in [0.1, 0.15) is 6.61 Å². The Bertz CT molecular complexity index is 3160. The number of esters is 2. The fraction of sp³-hybridized carbons (Fsp3) is 0.0435. The minimum atomic E-state index is -0.524. The van der Waals surface area contributed by atoms with Crippen molar-refractivity contribution in [2.45, 2.75) is 6.61 Å².